The number of hydrogen-bond donors (Lipinski definition) is 1. The largest absolute Gasteiger partial charge is 0.334 e. The minimum absolute atomic E-state index is 0.0700. The van der Waals surface area contributed by atoms with Crippen LogP contribution in [-0.4, -0.2) is 49.5 Å². The van der Waals surface area contributed by atoms with Crippen LogP contribution in [0.1, 0.15) is 24.8 Å². The standard InChI is InChI=1S/C20H24N2O3S/c23-20(21-17-10-12-26(24,25)14-17)22-11-4-8-18(22)13-16-7-3-6-15-5-1-2-9-19(15)16/h1-3,5-7,9,17-18H,4,8,10-14H2,(H,21,23)/t17-,18-/m1/s1. The molecule has 2 fully saturated rings. The summed E-state index contributed by atoms with van der Waals surface area (Å²) in [5, 5.41) is 5.39. The van der Waals surface area contributed by atoms with Gasteiger partial charge in [0.05, 0.1) is 11.5 Å². The molecule has 1 N–H and O–H groups in total. The number of likely N-dealkylation sites (tertiary alicyclic amines) is 1. The highest BCUT2D eigenvalue weighted by Crippen LogP contribution is 2.26. The summed E-state index contributed by atoms with van der Waals surface area (Å²) in [4.78, 5) is 14.6. The number of fused-ring (bicyclic) bond motifs is 1. The second-order valence-electron chi connectivity index (χ2n) is 7.38. The zero-order valence-electron chi connectivity index (χ0n) is 14.7. The van der Waals surface area contributed by atoms with Gasteiger partial charge < -0.3 is 10.2 Å². The van der Waals surface area contributed by atoms with Crippen LogP contribution in [-0.2, 0) is 16.3 Å². The van der Waals surface area contributed by atoms with E-state index in [0.717, 1.165) is 25.8 Å². The highest BCUT2D eigenvalue weighted by Gasteiger charge is 2.33. The van der Waals surface area contributed by atoms with Gasteiger partial charge in [-0.15, -0.1) is 0 Å². The van der Waals surface area contributed by atoms with E-state index in [1.54, 1.807) is 0 Å². The molecule has 6 heteroatoms. The number of carbonyl (C=O) groups is 1. The fraction of sp³-hybridized carbons (Fsp3) is 0.450. The molecule has 0 bridgehead atoms. The van der Waals surface area contributed by atoms with Crippen LogP contribution in [0.15, 0.2) is 42.5 Å². The van der Waals surface area contributed by atoms with E-state index in [0.29, 0.717) is 6.42 Å². The normalized spacial score (nSPS) is 24.8. The molecule has 4 rings (SSSR count). The van der Waals surface area contributed by atoms with Crippen molar-refractivity contribution in [1.29, 1.82) is 0 Å². The Bertz CT molecular complexity index is 920. The molecule has 2 aliphatic heterocycles. The first-order chi connectivity index (χ1) is 12.5. The molecule has 2 aliphatic rings. The van der Waals surface area contributed by atoms with E-state index < -0.39 is 9.84 Å². The lowest BCUT2D eigenvalue weighted by atomic mass is 9.98. The Kier molecular flexibility index (Phi) is 4.61. The van der Waals surface area contributed by atoms with Gasteiger partial charge in [-0.05, 0) is 42.0 Å². The fourth-order valence-corrected chi connectivity index (χ4v) is 5.88. The van der Waals surface area contributed by atoms with Gasteiger partial charge in [0.25, 0.3) is 0 Å². The molecule has 5 nitrogen and oxygen atoms in total. The fourth-order valence-electron chi connectivity index (χ4n) is 4.21. The Balaban J connectivity index is 1.47. The maximum absolute atomic E-state index is 12.7. The van der Waals surface area contributed by atoms with Crippen LogP contribution in [0.3, 0.4) is 0 Å². The van der Waals surface area contributed by atoms with Crippen LogP contribution >= 0.6 is 0 Å². The Labute approximate surface area is 154 Å². The number of carbonyl (C=O) groups excluding carboxylic acids is 1. The van der Waals surface area contributed by atoms with Crippen LogP contribution in [0.4, 0.5) is 4.79 Å². The third kappa shape index (κ3) is 3.56. The molecule has 2 aromatic rings. The van der Waals surface area contributed by atoms with Gasteiger partial charge in [-0.2, -0.15) is 0 Å². The quantitative estimate of drug-likeness (QED) is 0.901. The number of sulfone groups is 1. The van der Waals surface area contributed by atoms with Crippen molar-refractivity contribution in [2.75, 3.05) is 18.1 Å². The zero-order valence-corrected chi connectivity index (χ0v) is 15.5. The number of hydrogen-bond acceptors (Lipinski definition) is 3. The first-order valence-electron chi connectivity index (χ1n) is 9.26. The predicted molar refractivity (Wildman–Crippen MR) is 103 cm³/mol. The van der Waals surface area contributed by atoms with Gasteiger partial charge in [0, 0.05) is 18.6 Å². The highest BCUT2D eigenvalue weighted by molar-refractivity contribution is 7.91. The Morgan fingerprint density at radius 1 is 1.12 bits per heavy atom. The average molecular weight is 372 g/mol. The molecule has 0 aliphatic carbocycles. The molecule has 2 amide bonds. The first-order valence-corrected chi connectivity index (χ1v) is 11.1. The van der Waals surface area contributed by atoms with Gasteiger partial charge in [0.2, 0.25) is 0 Å². The number of urea groups is 1. The molecule has 2 atom stereocenters. The molecule has 2 aromatic carbocycles. The van der Waals surface area contributed by atoms with Crippen molar-refractivity contribution >= 4 is 26.6 Å². The second kappa shape index (κ2) is 6.91. The van der Waals surface area contributed by atoms with Crippen molar-refractivity contribution < 1.29 is 13.2 Å². The lowest BCUT2D eigenvalue weighted by molar-refractivity contribution is 0.189. The van der Waals surface area contributed by atoms with Crippen LogP contribution in [0.25, 0.3) is 10.8 Å². The highest BCUT2D eigenvalue weighted by atomic mass is 32.2. The monoisotopic (exact) mass is 372 g/mol. The third-order valence-electron chi connectivity index (χ3n) is 5.53. The summed E-state index contributed by atoms with van der Waals surface area (Å²) in [5.74, 6) is 0.248. The van der Waals surface area contributed by atoms with Crippen molar-refractivity contribution in [3.8, 4) is 0 Å². The third-order valence-corrected chi connectivity index (χ3v) is 7.30. The molecular formula is C20H24N2O3S. The number of nitrogens with zero attached hydrogens (tertiary/aromatic N) is 1. The molecule has 0 spiro atoms. The minimum atomic E-state index is -2.98. The summed E-state index contributed by atoms with van der Waals surface area (Å²) in [7, 11) is -2.98. The maximum atomic E-state index is 12.7. The van der Waals surface area contributed by atoms with Crippen LogP contribution in [0.2, 0.25) is 0 Å². The number of nitrogens with one attached hydrogen (secondary N) is 1. The molecule has 138 valence electrons. The van der Waals surface area contributed by atoms with Crippen LogP contribution in [0.5, 0.6) is 0 Å². The SMILES string of the molecule is O=C(N[C@@H]1CCS(=O)(=O)C1)N1CCC[C@@H]1Cc1cccc2ccccc12. The van der Waals surface area contributed by atoms with E-state index >= 15 is 0 Å². The molecular weight excluding hydrogens is 348 g/mol. The second-order valence-corrected chi connectivity index (χ2v) is 9.61. The molecule has 0 radical (unpaired) electrons. The van der Waals surface area contributed by atoms with Gasteiger partial charge in [0.1, 0.15) is 0 Å². The number of benzene rings is 2. The van der Waals surface area contributed by atoms with E-state index in [2.05, 4.69) is 35.6 Å². The maximum Gasteiger partial charge on any atom is 0.317 e. The van der Waals surface area contributed by atoms with Gasteiger partial charge in [-0.1, -0.05) is 42.5 Å². The van der Waals surface area contributed by atoms with Crippen molar-refractivity contribution in [3.05, 3.63) is 48.0 Å². The van der Waals surface area contributed by atoms with E-state index in [4.69, 9.17) is 0 Å². The summed E-state index contributed by atoms with van der Waals surface area (Å²) in [5.41, 5.74) is 1.26. The Morgan fingerprint density at radius 3 is 2.73 bits per heavy atom. The molecule has 26 heavy (non-hydrogen) atoms. The van der Waals surface area contributed by atoms with Crippen molar-refractivity contribution in [2.24, 2.45) is 0 Å². The number of rotatable bonds is 3. The summed E-state index contributed by atoms with van der Waals surface area (Å²) >= 11 is 0. The Morgan fingerprint density at radius 2 is 1.92 bits per heavy atom. The van der Waals surface area contributed by atoms with E-state index in [9.17, 15) is 13.2 Å². The van der Waals surface area contributed by atoms with E-state index in [1.165, 1.54) is 16.3 Å². The number of amides is 2. The van der Waals surface area contributed by atoms with Gasteiger partial charge in [-0.3, -0.25) is 0 Å². The topological polar surface area (TPSA) is 66.5 Å². The van der Waals surface area contributed by atoms with Gasteiger partial charge >= 0.3 is 6.03 Å². The van der Waals surface area contributed by atoms with Gasteiger partial charge in [0.15, 0.2) is 9.84 Å². The van der Waals surface area contributed by atoms with Crippen molar-refractivity contribution in [3.63, 3.8) is 0 Å². The van der Waals surface area contributed by atoms with E-state index in [-0.39, 0.29) is 29.6 Å². The summed E-state index contributed by atoms with van der Waals surface area (Å²) < 4.78 is 23.2. The summed E-state index contributed by atoms with van der Waals surface area (Å²) in [6, 6.07) is 14.5. The molecule has 0 aromatic heterocycles. The minimum Gasteiger partial charge on any atom is -0.334 e. The van der Waals surface area contributed by atoms with E-state index in [1.807, 2.05) is 17.0 Å². The molecule has 2 heterocycles. The van der Waals surface area contributed by atoms with Crippen molar-refractivity contribution in [1.82, 2.24) is 10.2 Å². The lowest BCUT2D eigenvalue weighted by Crippen LogP contribution is -2.47. The molecule has 2 saturated heterocycles. The molecule has 0 unspecified atom stereocenters. The van der Waals surface area contributed by atoms with Crippen LogP contribution < -0.4 is 5.32 Å². The van der Waals surface area contributed by atoms with Gasteiger partial charge in [-0.25, -0.2) is 13.2 Å². The molecule has 0 saturated carbocycles. The zero-order chi connectivity index (χ0) is 18.1. The predicted octanol–water partition coefficient (Wildman–Crippen LogP) is 2.74. The first kappa shape index (κ1) is 17.3. The lowest BCUT2D eigenvalue weighted by Gasteiger charge is -2.27. The van der Waals surface area contributed by atoms with Crippen molar-refractivity contribution in [2.45, 2.75) is 37.8 Å². The summed E-state index contributed by atoms with van der Waals surface area (Å²) in [6.45, 7) is 0.737. The summed E-state index contributed by atoms with van der Waals surface area (Å²) in [6.07, 6.45) is 3.33. The average Bonchev–Trinajstić information content (AvgIpc) is 3.21. The smallest absolute Gasteiger partial charge is 0.317 e. The van der Waals surface area contributed by atoms with Crippen LogP contribution in [0, 0.1) is 0 Å². The Hall–Kier alpha value is -2.08.